The van der Waals surface area contributed by atoms with Crippen molar-refractivity contribution in [3.8, 4) is 0 Å². The Morgan fingerprint density at radius 1 is 1.00 bits per heavy atom. The van der Waals surface area contributed by atoms with E-state index in [1.807, 2.05) is 12.1 Å². The second kappa shape index (κ2) is 7.30. The Morgan fingerprint density at radius 2 is 1.62 bits per heavy atom. The van der Waals surface area contributed by atoms with Gasteiger partial charge in [0.15, 0.2) is 0 Å². The molecule has 1 rings (SSSR count). The van der Waals surface area contributed by atoms with Gasteiger partial charge >= 0.3 is 6.18 Å². The molecule has 1 unspecified atom stereocenters. The van der Waals surface area contributed by atoms with E-state index in [0.29, 0.717) is 11.8 Å². The zero-order valence-electron chi connectivity index (χ0n) is 13.5. The summed E-state index contributed by atoms with van der Waals surface area (Å²) in [7, 11) is 1.72. The number of nitrogens with one attached hydrogen (secondary N) is 1. The maximum atomic E-state index is 12.5. The Kier molecular flexibility index (Phi) is 6.26. The van der Waals surface area contributed by atoms with Gasteiger partial charge in [-0.25, -0.2) is 0 Å². The summed E-state index contributed by atoms with van der Waals surface area (Å²) in [6.07, 6.45) is -4.80. The fourth-order valence-corrected chi connectivity index (χ4v) is 2.53. The number of halogens is 3. The molecule has 4 heteroatoms. The molecule has 0 bridgehead atoms. The molecule has 0 saturated carbocycles. The summed E-state index contributed by atoms with van der Waals surface area (Å²) in [6, 6.07) is 5.90. The average Bonchev–Trinajstić information content (AvgIpc) is 2.37. The molecule has 1 aromatic rings. The van der Waals surface area contributed by atoms with Crippen molar-refractivity contribution in [3.63, 3.8) is 0 Å². The molecule has 0 amide bonds. The molecule has 21 heavy (non-hydrogen) atoms. The molecule has 1 atom stereocenters. The van der Waals surface area contributed by atoms with Crippen LogP contribution < -0.4 is 5.32 Å². The first-order valence-electron chi connectivity index (χ1n) is 7.53. The standard InChI is InChI=1S/C17H26F3N/c1-11(2)13-6-7-14(15(10-13)12(3)4)16(21-5)8-9-17(18,19)20/h6-7,10-12,16,21H,8-9H2,1-5H3. The van der Waals surface area contributed by atoms with Crippen molar-refractivity contribution < 1.29 is 13.2 Å². The molecule has 0 aliphatic heterocycles. The molecule has 0 saturated heterocycles. The first kappa shape index (κ1) is 18.0. The molecular formula is C17H26F3N. The Labute approximate surface area is 125 Å². The largest absolute Gasteiger partial charge is 0.389 e. The second-order valence-electron chi connectivity index (χ2n) is 6.19. The Balaban J connectivity index is 3.08. The number of alkyl halides is 3. The monoisotopic (exact) mass is 301 g/mol. The smallest absolute Gasteiger partial charge is 0.313 e. The molecule has 120 valence electrons. The molecule has 0 spiro atoms. The minimum absolute atomic E-state index is 0.0702. The third-order valence-electron chi connectivity index (χ3n) is 3.84. The van der Waals surface area contributed by atoms with Gasteiger partial charge in [-0.05, 0) is 42.0 Å². The lowest BCUT2D eigenvalue weighted by molar-refractivity contribution is -0.136. The molecule has 0 aliphatic rings. The van der Waals surface area contributed by atoms with E-state index in [2.05, 4.69) is 39.1 Å². The van der Waals surface area contributed by atoms with E-state index >= 15 is 0 Å². The predicted molar refractivity (Wildman–Crippen MR) is 81.7 cm³/mol. The highest BCUT2D eigenvalue weighted by Crippen LogP contribution is 2.33. The molecule has 0 aromatic heterocycles. The van der Waals surface area contributed by atoms with Crippen LogP contribution in [0.4, 0.5) is 13.2 Å². The predicted octanol–water partition coefficient (Wildman–Crippen LogP) is 5.54. The summed E-state index contributed by atoms with van der Waals surface area (Å²) in [5.41, 5.74) is 3.36. The van der Waals surface area contributed by atoms with Crippen molar-refractivity contribution in [1.82, 2.24) is 5.32 Å². The second-order valence-corrected chi connectivity index (χ2v) is 6.19. The van der Waals surface area contributed by atoms with Gasteiger partial charge in [0.1, 0.15) is 0 Å². The number of benzene rings is 1. The van der Waals surface area contributed by atoms with Crippen molar-refractivity contribution in [2.24, 2.45) is 0 Å². The van der Waals surface area contributed by atoms with E-state index in [1.165, 1.54) is 5.56 Å². The lowest BCUT2D eigenvalue weighted by atomic mass is 9.87. The topological polar surface area (TPSA) is 12.0 Å². The van der Waals surface area contributed by atoms with Crippen LogP contribution in [0.1, 0.15) is 75.1 Å². The van der Waals surface area contributed by atoms with Crippen LogP contribution in [0.25, 0.3) is 0 Å². The first-order valence-corrected chi connectivity index (χ1v) is 7.53. The highest BCUT2D eigenvalue weighted by atomic mass is 19.4. The van der Waals surface area contributed by atoms with Crippen LogP contribution in [0.15, 0.2) is 18.2 Å². The zero-order chi connectivity index (χ0) is 16.2. The molecule has 0 aliphatic carbocycles. The van der Waals surface area contributed by atoms with Crippen LogP contribution in [0.5, 0.6) is 0 Å². The molecule has 0 heterocycles. The van der Waals surface area contributed by atoms with Crippen LogP contribution in [-0.4, -0.2) is 13.2 Å². The van der Waals surface area contributed by atoms with Gasteiger partial charge in [0.2, 0.25) is 0 Å². The minimum Gasteiger partial charge on any atom is -0.313 e. The van der Waals surface area contributed by atoms with Gasteiger partial charge in [0, 0.05) is 12.5 Å². The van der Waals surface area contributed by atoms with Crippen molar-refractivity contribution in [3.05, 3.63) is 34.9 Å². The van der Waals surface area contributed by atoms with E-state index in [0.717, 1.165) is 11.1 Å². The van der Waals surface area contributed by atoms with Gasteiger partial charge in [-0.1, -0.05) is 45.9 Å². The third-order valence-corrected chi connectivity index (χ3v) is 3.84. The molecule has 1 aromatic carbocycles. The molecule has 0 fully saturated rings. The highest BCUT2D eigenvalue weighted by molar-refractivity contribution is 5.37. The van der Waals surface area contributed by atoms with Gasteiger partial charge in [-0.2, -0.15) is 13.2 Å². The maximum Gasteiger partial charge on any atom is 0.389 e. The molecular weight excluding hydrogens is 275 g/mol. The minimum atomic E-state index is -4.11. The number of hydrogen-bond donors (Lipinski definition) is 1. The number of hydrogen-bond acceptors (Lipinski definition) is 1. The molecule has 0 radical (unpaired) electrons. The van der Waals surface area contributed by atoms with Crippen LogP contribution in [-0.2, 0) is 0 Å². The van der Waals surface area contributed by atoms with Gasteiger partial charge in [0.05, 0.1) is 0 Å². The van der Waals surface area contributed by atoms with E-state index < -0.39 is 12.6 Å². The van der Waals surface area contributed by atoms with E-state index in [1.54, 1.807) is 7.05 Å². The lowest BCUT2D eigenvalue weighted by Crippen LogP contribution is -2.21. The van der Waals surface area contributed by atoms with Crippen LogP contribution >= 0.6 is 0 Å². The Hall–Kier alpha value is -1.03. The van der Waals surface area contributed by atoms with Gasteiger partial charge in [-0.3, -0.25) is 0 Å². The van der Waals surface area contributed by atoms with Gasteiger partial charge < -0.3 is 5.32 Å². The summed E-state index contributed by atoms with van der Waals surface area (Å²) in [4.78, 5) is 0. The van der Waals surface area contributed by atoms with E-state index in [-0.39, 0.29) is 12.5 Å². The number of rotatable bonds is 6. The molecule has 1 nitrogen and oxygen atoms in total. The normalized spacial score (nSPS) is 14.0. The van der Waals surface area contributed by atoms with Crippen molar-refractivity contribution in [2.75, 3.05) is 7.05 Å². The van der Waals surface area contributed by atoms with Gasteiger partial charge in [0.25, 0.3) is 0 Å². The first-order chi connectivity index (χ1) is 9.65. The van der Waals surface area contributed by atoms with Crippen LogP contribution in [0.2, 0.25) is 0 Å². The SMILES string of the molecule is CNC(CCC(F)(F)F)c1ccc(C(C)C)cc1C(C)C. The summed E-state index contributed by atoms with van der Waals surface area (Å²) in [6.45, 7) is 8.41. The van der Waals surface area contributed by atoms with Crippen molar-refractivity contribution in [1.29, 1.82) is 0 Å². The maximum absolute atomic E-state index is 12.5. The summed E-state index contributed by atoms with van der Waals surface area (Å²) in [5, 5.41) is 3.03. The Bertz CT molecular complexity index is 450. The zero-order valence-corrected chi connectivity index (χ0v) is 13.5. The fourth-order valence-electron chi connectivity index (χ4n) is 2.53. The lowest BCUT2D eigenvalue weighted by Gasteiger charge is -2.24. The van der Waals surface area contributed by atoms with Gasteiger partial charge in [-0.15, -0.1) is 0 Å². The van der Waals surface area contributed by atoms with E-state index in [4.69, 9.17) is 0 Å². The van der Waals surface area contributed by atoms with E-state index in [9.17, 15) is 13.2 Å². The average molecular weight is 301 g/mol. The van der Waals surface area contributed by atoms with Crippen molar-refractivity contribution in [2.45, 2.75) is 64.6 Å². The third kappa shape index (κ3) is 5.34. The summed E-state index contributed by atoms with van der Waals surface area (Å²) >= 11 is 0. The summed E-state index contributed by atoms with van der Waals surface area (Å²) in [5.74, 6) is 0.709. The highest BCUT2D eigenvalue weighted by Gasteiger charge is 2.29. The van der Waals surface area contributed by atoms with Crippen LogP contribution in [0.3, 0.4) is 0 Å². The molecule has 1 N–H and O–H groups in total. The quantitative estimate of drug-likeness (QED) is 0.727. The fraction of sp³-hybridized carbons (Fsp3) is 0.647. The van der Waals surface area contributed by atoms with Crippen molar-refractivity contribution >= 4 is 0 Å². The summed E-state index contributed by atoms with van der Waals surface area (Å²) < 4.78 is 37.4. The van der Waals surface area contributed by atoms with Crippen LogP contribution in [0, 0.1) is 0 Å². The Morgan fingerprint density at radius 3 is 2.05 bits per heavy atom.